The summed E-state index contributed by atoms with van der Waals surface area (Å²) >= 11 is 0. The van der Waals surface area contributed by atoms with Crippen molar-refractivity contribution in [3.05, 3.63) is 58.6 Å². The molecule has 0 radical (unpaired) electrons. The highest BCUT2D eigenvalue weighted by molar-refractivity contribution is 5.97. The summed E-state index contributed by atoms with van der Waals surface area (Å²) in [5, 5.41) is 11.9. The molecular formula is C24H26O5. The highest BCUT2D eigenvalue weighted by Gasteiger charge is 2.28. The molecule has 1 N–H and O–H groups in total. The van der Waals surface area contributed by atoms with Gasteiger partial charge in [-0.25, -0.2) is 4.79 Å². The lowest BCUT2D eigenvalue weighted by atomic mass is 9.92. The van der Waals surface area contributed by atoms with Gasteiger partial charge in [0, 0.05) is 10.9 Å². The molecule has 0 bridgehead atoms. The van der Waals surface area contributed by atoms with Crippen molar-refractivity contribution < 1.29 is 19.0 Å². The Morgan fingerprint density at radius 1 is 1.07 bits per heavy atom. The van der Waals surface area contributed by atoms with Crippen LogP contribution in [0.3, 0.4) is 0 Å². The van der Waals surface area contributed by atoms with Crippen LogP contribution in [0.2, 0.25) is 0 Å². The molecule has 4 rings (SSSR count). The zero-order chi connectivity index (χ0) is 20.6. The van der Waals surface area contributed by atoms with Crippen molar-refractivity contribution in [3.8, 4) is 22.6 Å². The van der Waals surface area contributed by atoms with Gasteiger partial charge in [0.25, 0.3) is 0 Å². The van der Waals surface area contributed by atoms with Crippen LogP contribution in [0, 0.1) is 5.92 Å². The third-order valence-corrected chi connectivity index (χ3v) is 5.10. The first kappa shape index (κ1) is 19.5. The Kier molecular flexibility index (Phi) is 5.09. The minimum Gasteiger partial charge on any atom is -0.490 e. The highest BCUT2D eigenvalue weighted by atomic mass is 16.5. The molecule has 0 amide bonds. The summed E-state index contributed by atoms with van der Waals surface area (Å²) in [6.45, 7) is 6.35. The second-order valence-electron chi connectivity index (χ2n) is 8.05. The van der Waals surface area contributed by atoms with Crippen molar-refractivity contribution in [1.82, 2.24) is 0 Å². The smallest absolute Gasteiger partial charge is 0.343 e. The monoisotopic (exact) mass is 394 g/mol. The zero-order valence-corrected chi connectivity index (χ0v) is 17.0. The van der Waals surface area contributed by atoms with Crippen LogP contribution in [-0.2, 0) is 5.60 Å². The Balaban J connectivity index is 1.90. The minimum atomic E-state index is -1.33. The topological polar surface area (TPSA) is 68.9 Å². The van der Waals surface area contributed by atoms with Crippen molar-refractivity contribution in [2.45, 2.75) is 39.2 Å². The molecular weight excluding hydrogens is 368 g/mol. The minimum absolute atomic E-state index is 0.232. The molecule has 2 aromatic carbocycles. The number of ether oxygens (including phenoxy) is 2. The zero-order valence-electron chi connectivity index (χ0n) is 17.0. The summed E-state index contributed by atoms with van der Waals surface area (Å²) < 4.78 is 17.4. The van der Waals surface area contributed by atoms with E-state index in [1.54, 1.807) is 26.0 Å². The first-order valence-electron chi connectivity index (χ1n) is 10.1. The van der Waals surface area contributed by atoms with E-state index in [-0.39, 0.29) is 5.76 Å². The third kappa shape index (κ3) is 4.01. The summed E-state index contributed by atoms with van der Waals surface area (Å²) in [5.41, 5.74) is -0.312. The predicted octanol–water partition coefficient (Wildman–Crippen LogP) is 4.87. The van der Waals surface area contributed by atoms with E-state index in [1.807, 2.05) is 37.3 Å². The fourth-order valence-electron chi connectivity index (χ4n) is 3.46. The highest BCUT2D eigenvalue weighted by Crippen LogP contribution is 2.40. The molecule has 1 aromatic heterocycles. The molecule has 29 heavy (non-hydrogen) atoms. The Labute approximate surface area is 169 Å². The van der Waals surface area contributed by atoms with Crippen LogP contribution in [0.4, 0.5) is 0 Å². The molecule has 1 heterocycles. The molecule has 1 aliphatic carbocycles. The summed E-state index contributed by atoms with van der Waals surface area (Å²) in [5.74, 6) is 2.21. The van der Waals surface area contributed by atoms with Gasteiger partial charge in [-0.05, 0) is 63.3 Å². The number of benzene rings is 2. The van der Waals surface area contributed by atoms with Gasteiger partial charge in [0.1, 0.15) is 11.4 Å². The van der Waals surface area contributed by atoms with Crippen LogP contribution in [-0.4, -0.2) is 18.3 Å². The second-order valence-corrected chi connectivity index (χ2v) is 8.05. The van der Waals surface area contributed by atoms with Gasteiger partial charge in [-0.1, -0.05) is 24.3 Å². The van der Waals surface area contributed by atoms with Gasteiger partial charge in [0.2, 0.25) is 0 Å². The molecule has 0 spiro atoms. The fraction of sp³-hybridized carbons (Fsp3) is 0.375. The van der Waals surface area contributed by atoms with Gasteiger partial charge >= 0.3 is 5.63 Å². The maximum atomic E-state index is 12.5. The van der Waals surface area contributed by atoms with Crippen LogP contribution in [0.15, 0.2) is 51.7 Å². The summed E-state index contributed by atoms with van der Waals surface area (Å²) in [6, 6.07) is 13.0. The van der Waals surface area contributed by atoms with Gasteiger partial charge in [-0.3, -0.25) is 0 Å². The van der Waals surface area contributed by atoms with Crippen LogP contribution in [0.25, 0.3) is 21.9 Å². The van der Waals surface area contributed by atoms with Gasteiger partial charge in [0.05, 0.1) is 18.6 Å². The Bertz CT molecular complexity index is 1090. The molecule has 152 valence electrons. The molecule has 1 aliphatic rings. The molecule has 0 unspecified atom stereocenters. The van der Waals surface area contributed by atoms with Crippen LogP contribution < -0.4 is 15.1 Å². The number of aliphatic hydroxyl groups is 1. The number of fused-ring (bicyclic) bond motifs is 1. The number of hydrogen-bond acceptors (Lipinski definition) is 5. The van der Waals surface area contributed by atoms with Crippen LogP contribution in [0.5, 0.6) is 11.5 Å². The lowest BCUT2D eigenvalue weighted by Gasteiger charge is -2.22. The quantitative estimate of drug-likeness (QED) is 0.619. The molecule has 0 atom stereocenters. The Hall–Kier alpha value is -2.79. The first-order valence-corrected chi connectivity index (χ1v) is 10.1. The van der Waals surface area contributed by atoms with E-state index in [1.165, 1.54) is 12.8 Å². The summed E-state index contributed by atoms with van der Waals surface area (Å²) in [6.07, 6.45) is 2.43. The Morgan fingerprint density at radius 3 is 2.45 bits per heavy atom. The van der Waals surface area contributed by atoms with Gasteiger partial charge in [-0.2, -0.15) is 0 Å². The summed E-state index contributed by atoms with van der Waals surface area (Å²) in [4.78, 5) is 12.5. The molecule has 5 nitrogen and oxygen atoms in total. The number of rotatable bonds is 7. The van der Waals surface area contributed by atoms with E-state index in [0.29, 0.717) is 41.6 Å². The van der Waals surface area contributed by atoms with Crippen molar-refractivity contribution in [1.29, 1.82) is 0 Å². The van der Waals surface area contributed by atoms with Gasteiger partial charge in [-0.15, -0.1) is 0 Å². The lowest BCUT2D eigenvalue weighted by molar-refractivity contribution is 0.0521. The van der Waals surface area contributed by atoms with E-state index in [0.717, 1.165) is 10.9 Å². The van der Waals surface area contributed by atoms with Crippen LogP contribution >= 0.6 is 0 Å². The average molecular weight is 394 g/mol. The molecule has 5 heteroatoms. The maximum absolute atomic E-state index is 12.5. The normalized spacial score (nSPS) is 14.2. The van der Waals surface area contributed by atoms with Crippen molar-refractivity contribution >= 4 is 10.8 Å². The van der Waals surface area contributed by atoms with Gasteiger partial charge in [0.15, 0.2) is 11.5 Å². The maximum Gasteiger partial charge on any atom is 0.343 e. The standard InChI is InChI=1S/C24H26O5/c1-4-27-20-13-16(11-12-19(20)28-14-15-9-10-15)21-17-7-5-6-8-18(17)23(25)29-22(21)24(2,3)26/h5-8,11-13,15,26H,4,9-10,14H2,1-3H3. The van der Waals surface area contributed by atoms with E-state index >= 15 is 0 Å². The van der Waals surface area contributed by atoms with E-state index in [4.69, 9.17) is 13.9 Å². The summed E-state index contributed by atoms with van der Waals surface area (Å²) in [7, 11) is 0. The predicted molar refractivity (Wildman–Crippen MR) is 113 cm³/mol. The molecule has 3 aromatic rings. The van der Waals surface area contributed by atoms with E-state index in [9.17, 15) is 9.90 Å². The SMILES string of the molecule is CCOc1cc(-c2c(C(C)(C)O)oc(=O)c3ccccc23)ccc1OCC1CC1. The van der Waals surface area contributed by atoms with Crippen molar-refractivity contribution in [2.24, 2.45) is 5.92 Å². The first-order chi connectivity index (χ1) is 13.9. The van der Waals surface area contributed by atoms with E-state index in [2.05, 4.69) is 0 Å². The molecule has 1 fully saturated rings. The van der Waals surface area contributed by atoms with Crippen LogP contribution in [0.1, 0.15) is 39.4 Å². The van der Waals surface area contributed by atoms with Gasteiger partial charge < -0.3 is 19.0 Å². The van der Waals surface area contributed by atoms with E-state index < -0.39 is 11.2 Å². The molecule has 0 aliphatic heterocycles. The third-order valence-electron chi connectivity index (χ3n) is 5.10. The average Bonchev–Trinajstić information content (AvgIpc) is 3.51. The Morgan fingerprint density at radius 2 is 1.79 bits per heavy atom. The van der Waals surface area contributed by atoms with Crippen molar-refractivity contribution in [2.75, 3.05) is 13.2 Å². The largest absolute Gasteiger partial charge is 0.490 e. The lowest BCUT2D eigenvalue weighted by Crippen LogP contribution is -2.20. The number of hydrogen-bond donors (Lipinski definition) is 1. The fourth-order valence-corrected chi connectivity index (χ4v) is 3.46. The van der Waals surface area contributed by atoms with Crippen molar-refractivity contribution in [3.63, 3.8) is 0 Å². The second kappa shape index (κ2) is 7.56. The molecule has 0 saturated heterocycles. The molecule has 1 saturated carbocycles.